The van der Waals surface area contributed by atoms with E-state index in [9.17, 15) is 28.1 Å². The molecule has 0 amide bonds. The van der Waals surface area contributed by atoms with Crippen LogP contribution in [0.1, 0.15) is 47.9 Å². The number of ketones is 1. The molecule has 1 saturated heterocycles. The first kappa shape index (κ1) is 28.9. The minimum Gasteiger partial charge on any atom is -0.490 e. The van der Waals surface area contributed by atoms with Crippen LogP contribution in [-0.4, -0.2) is 45.6 Å². The van der Waals surface area contributed by atoms with Crippen molar-refractivity contribution in [3.05, 3.63) is 93.9 Å². The second kappa shape index (κ2) is 12.1. The fourth-order valence-corrected chi connectivity index (χ4v) is 5.13. The van der Waals surface area contributed by atoms with Crippen LogP contribution in [-0.2, 0) is 12.8 Å². The van der Waals surface area contributed by atoms with Gasteiger partial charge in [-0.3, -0.25) is 19.3 Å². The molecule has 220 valence electrons. The van der Waals surface area contributed by atoms with Gasteiger partial charge in [-0.2, -0.15) is 0 Å². The lowest BCUT2D eigenvalue weighted by atomic mass is 10.0. The van der Waals surface area contributed by atoms with Gasteiger partial charge in [0.15, 0.2) is 5.78 Å². The van der Waals surface area contributed by atoms with Crippen molar-refractivity contribution in [1.82, 2.24) is 9.38 Å². The van der Waals surface area contributed by atoms with Gasteiger partial charge in [0.05, 0.1) is 16.7 Å². The van der Waals surface area contributed by atoms with Crippen LogP contribution in [0.3, 0.4) is 0 Å². The van der Waals surface area contributed by atoms with Crippen LogP contribution in [0.4, 0.5) is 24.5 Å². The Hall–Kier alpha value is -4.61. The predicted molar refractivity (Wildman–Crippen MR) is 149 cm³/mol. The zero-order chi connectivity index (χ0) is 29.9. The summed E-state index contributed by atoms with van der Waals surface area (Å²) in [6.45, 7) is 3.43. The Bertz CT molecular complexity index is 1560. The maximum Gasteiger partial charge on any atom is 0.573 e. The van der Waals surface area contributed by atoms with Crippen LogP contribution in [0, 0.1) is 10.1 Å². The number of rotatable bonds is 10. The smallest absolute Gasteiger partial charge is 0.490 e. The highest BCUT2D eigenvalue weighted by molar-refractivity contribution is 5.96. The van der Waals surface area contributed by atoms with Crippen LogP contribution in [0.2, 0.25) is 0 Å². The molecule has 0 saturated carbocycles. The van der Waals surface area contributed by atoms with Crippen LogP contribution in [0.15, 0.2) is 66.9 Å². The number of aryl methyl sites for hydroxylation is 2. The lowest BCUT2D eigenvalue weighted by molar-refractivity contribution is -0.384. The number of pyridine rings is 1. The number of nitro groups is 1. The van der Waals surface area contributed by atoms with Crippen LogP contribution < -0.4 is 14.4 Å². The number of anilines is 1. The van der Waals surface area contributed by atoms with E-state index in [0.29, 0.717) is 35.6 Å². The average molecular weight is 583 g/mol. The number of benzene rings is 2. The normalized spacial score (nSPS) is 14.2. The van der Waals surface area contributed by atoms with Crippen LogP contribution >= 0.6 is 0 Å². The summed E-state index contributed by atoms with van der Waals surface area (Å²) in [6, 6.07) is 16.2. The Kier molecular flexibility index (Phi) is 8.32. The van der Waals surface area contributed by atoms with E-state index in [2.05, 4.69) is 14.6 Å². The first-order valence-corrected chi connectivity index (χ1v) is 13.6. The number of carbonyl (C=O) groups is 1. The van der Waals surface area contributed by atoms with Crippen molar-refractivity contribution in [2.75, 3.05) is 18.0 Å². The predicted octanol–water partition coefficient (Wildman–Crippen LogP) is 6.57. The van der Waals surface area contributed by atoms with Gasteiger partial charge in [-0.25, -0.2) is 4.98 Å². The van der Waals surface area contributed by atoms with Gasteiger partial charge in [0, 0.05) is 50.3 Å². The number of fused-ring (bicyclic) bond motifs is 1. The van der Waals surface area contributed by atoms with Gasteiger partial charge in [-0.15, -0.1) is 13.2 Å². The number of ether oxygens (including phenoxy) is 2. The van der Waals surface area contributed by atoms with Gasteiger partial charge in [-0.1, -0.05) is 19.1 Å². The molecule has 3 heterocycles. The van der Waals surface area contributed by atoms with E-state index in [1.165, 1.54) is 42.6 Å². The molecule has 12 heteroatoms. The summed E-state index contributed by atoms with van der Waals surface area (Å²) in [5.41, 5.74) is 3.49. The standard InChI is InChI=1S/C30H29F3N4O5/c1-2-26-29(36-18-13-22(37(39)40)19-28(36)34-26)27(38)12-5-20-3-6-21(7-4-20)35-16-14-24(15-17-35)41-23-8-10-25(11-9-23)42-30(31,32)33/h3-4,6-11,13,18-19,24H,2,5,12,14-17H2,1H3. The number of imidazole rings is 1. The fourth-order valence-electron chi connectivity index (χ4n) is 5.13. The quantitative estimate of drug-likeness (QED) is 0.119. The van der Waals surface area contributed by atoms with E-state index in [0.717, 1.165) is 37.2 Å². The van der Waals surface area contributed by atoms with Crippen LogP contribution in [0.5, 0.6) is 11.5 Å². The summed E-state index contributed by atoms with van der Waals surface area (Å²) in [5, 5.41) is 11.1. The summed E-state index contributed by atoms with van der Waals surface area (Å²) in [7, 11) is 0. The average Bonchev–Trinajstić information content (AvgIpc) is 3.35. The van der Waals surface area contributed by atoms with Gasteiger partial charge in [-0.05, 0) is 54.8 Å². The summed E-state index contributed by atoms with van der Waals surface area (Å²) in [5.74, 6) is 0.145. The molecule has 0 bridgehead atoms. The summed E-state index contributed by atoms with van der Waals surface area (Å²) in [6.07, 6.45) is -0.351. The molecule has 2 aromatic carbocycles. The van der Waals surface area contributed by atoms with Crippen LogP contribution in [0.25, 0.3) is 5.65 Å². The number of alkyl halides is 3. The largest absolute Gasteiger partial charge is 0.573 e. The SMILES string of the molecule is CCc1nc2cc([N+](=O)[O-])ccn2c1C(=O)CCc1ccc(N2CCC(Oc3ccc(OC(F)(F)F)cc3)CC2)cc1. The number of piperidine rings is 1. The van der Waals surface area contributed by atoms with Crippen molar-refractivity contribution >= 4 is 22.8 Å². The fraction of sp³-hybridized carbons (Fsp3) is 0.333. The molecule has 0 aliphatic carbocycles. The molecule has 1 aliphatic rings. The first-order chi connectivity index (χ1) is 20.1. The number of nitrogens with zero attached hydrogens (tertiary/aromatic N) is 4. The minimum absolute atomic E-state index is 0.0419. The molecule has 1 fully saturated rings. The minimum atomic E-state index is -4.73. The molecule has 4 aromatic rings. The van der Waals surface area contributed by atoms with E-state index in [1.807, 2.05) is 31.2 Å². The highest BCUT2D eigenvalue weighted by Crippen LogP contribution is 2.28. The van der Waals surface area contributed by atoms with E-state index in [4.69, 9.17) is 4.74 Å². The molecule has 0 spiro atoms. The van der Waals surface area contributed by atoms with Gasteiger partial charge < -0.3 is 14.4 Å². The maximum absolute atomic E-state index is 13.2. The third-order valence-corrected chi connectivity index (χ3v) is 7.24. The van der Waals surface area contributed by atoms with E-state index in [1.54, 1.807) is 4.40 Å². The number of halogens is 3. The topological polar surface area (TPSA) is 99.2 Å². The molecule has 0 unspecified atom stereocenters. The summed E-state index contributed by atoms with van der Waals surface area (Å²) in [4.78, 5) is 30.5. The lowest BCUT2D eigenvalue weighted by Crippen LogP contribution is -2.38. The second-order valence-corrected chi connectivity index (χ2v) is 10.0. The van der Waals surface area contributed by atoms with Gasteiger partial charge >= 0.3 is 6.36 Å². The van der Waals surface area contributed by atoms with Crippen molar-refractivity contribution in [1.29, 1.82) is 0 Å². The maximum atomic E-state index is 13.2. The number of hydrogen-bond donors (Lipinski definition) is 0. The Morgan fingerprint density at radius 1 is 1.05 bits per heavy atom. The third-order valence-electron chi connectivity index (χ3n) is 7.24. The van der Waals surface area contributed by atoms with Crippen molar-refractivity contribution in [2.24, 2.45) is 0 Å². The highest BCUT2D eigenvalue weighted by atomic mass is 19.4. The Morgan fingerprint density at radius 2 is 1.71 bits per heavy atom. The third kappa shape index (κ3) is 6.81. The van der Waals surface area contributed by atoms with Crippen molar-refractivity contribution in [2.45, 2.75) is 51.5 Å². The Morgan fingerprint density at radius 3 is 2.33 bits per heavy atom. The number of carbonyl (C=O) groups excluding carboxylic acids is 1. The molecule has 2 aromatic heterocycles. The molecular formula is C30H29F3N4O5. The van der Waals surface area contributed by atoms with E-state index in [-0.39, 0.29) is 29.7 Å². The lowest BCUT2D eigenvalue weighted by Gasteiger charge is -2.33. The monoisotopic (exact) mass is 582 g/mol. The molecule has 42 heavy (non-hydrogen) atoms. The Labute approximate surface area is 239 Å². The molecular weight excluding hydrogens is 553 g/mol. The molecule has 0 N–H and O–H groups in total. The number of aromatic nitrogens is 2. The zero-order valence-electron chi connectivity index (χ0n) is 22.8. The molecule has 9 nitrogen and oxygen atoms in total. The highest BCUT2D eigenvalue weighted by Gasteiger charge is 2.31. The Balaban J connectivity index is 1.13. The van der Waals surface area contributed by atoms with Gasteiger partial charge in [0.25, 0.3) is 5.69 Å². The zero-order valence-corrected chi connectivity index (χ0v) is 22.8. The molecule has 1 aliphatic heterocycles. The summed E-state index contributed by atoms with van der Waals surface area (Å²) >= 11 is 0. The molecule has 0 atom stereocenters. The van der Waals surface area contributed by atoms with Crippen molar-refractivity contribution in [3.8, 4) is 11.5 Å². The second-order valence-electron chi connectivity index (χ2n) is 10.0. The summed E-state index contributed by atoms with van der Waals surface area (Å²) < 4.78 is 48.5. The van der Waals surface area contributed by atoms with E-state index >= 15 is 0 Å². The number of Topliss-reactive ketones (excluding diaryl/α,β-unsaturated/α-hetero) is 1. The first-order valence-electron chi connectivity index (χ1n) is 13.6. The van der Waals surface area contributed by atoms with Crippen molar-refractivity contribution < 1.29 is 32.4 Å². The van der Waals surface area contributed by atoms with Crippen molar-refractivity contribution in [3.63, 3.8) is 0 Å². The molecule has 5 rings (SSSR count). The molecule has 0 radical (unpaired) electrons. The van der Waals surface area contributed by atoms with Gasteiger partial charge in [0.2, 0.25) is 0 Å². The van der Waals surface area contributed by atoms with Gasteiger partial charge in [0.1, 0.15) is 28.9 Å². The van der Waals surface area contributed by atoms with E-state index < -0.39 is 11.3 Å². The number of hydrogen-bond acceptors (Lipinski definition) is 7.